The van der Waals surface area contributed by atoms with E-state index < -0.39 is 18.2 Å². The number of aliphatic hydroxyl groups excluding tert-OH is 2. The summed E-state index contributed by atoms with van der Waals surface area (Å²) in [6.07, 6.45) is 57.1. The number of unbranched alkanes of at least 4 members (excludes halogenated alkanes) is 22. The van der Waals surface area contributed by atoms with Gasteiger partial charge in [0.15, 0.2) is 0 Å². The first-order valence-electron chi connectivity index (χ1n) is 25.0. The number of carbonyl (C=O) groups excluding carboxylic acids is 2. The third-order valence-corrected chi connectivity index (χ3v) is 11.1. The van der Waals surface area contributed by atoms with Gasteiger partial charge in [0.25, 0.3) is 0 Å². The van der Waals surface area contributed by atoms with Crippen LogP contribution in [0.2, 0.25) is 0 Å². The van der Waals surface area contributed by atoms with Crippen LogP contribution in [0.4, 0.5) is 0 Å². The van der Waals surface area contributed by atoms with Gasteiger partial charge in [-0.2, -0.15) is 0 Å². The zero-order chi connectivity index (χ0) is 43.1. The topological polar surface area (TPSA) is 95.9 Å². The van der Waals surface area contributed by atoms with Crippen molar-refractivity contribution in [3.8, 4) is 0 Å². The first-order chi connectivity index (χ1) is 29.0. The summed E-state index contributed by atoms with van der Waals surface area (Å²) in [5, 5.41) is 23.7. The van der Waals surface area contributed by atoms with Gasteiger partial charge in [-0.05, 0) is 89.9 Å². The highest BCUT2D eigenvalue weighted by Gasteiger charge is 2.24. The Bertz CT molecular complexity index is 1060. The van der Waals surface area contributed by atoms with Crippen molar-refractivity contribution in [1.82, 2.24) is 5.32 Å². The van der Waals surface area contributed by atoms with E-state index >= 15 is 0 Å². The van der Waals surface area contributed by atoms with Crippen LogP contribution in [0.3, 0.4) is 0 Å². The second kappa shape index (κ2) is 46.6. The van der Waals surface area contributed by atoms with Crippen LogP contribution < -0.4 is 5.32 Å². The van der Waals surface area contributed by atoms with Crippen LogP contribution in [0.15, 0.2) is 60.8 Å². The molecule has 3 unspecified atom stereocenters. The molecule has 0 spiro atoms. The highest BCUT2D eigenvalue weighted by atomic mass is 16.5. The van der Waals surface area contributed by atoms with E-state index in [4.69, 9.17) is 4.74 Å². The standard InChI is InChI=1S/C53H95NO5/c1-4-7-10-13-16-19-22-24-25-26-27-28-31-34-37-40-43-46-53(58)59-49(44-41-38-35-32-30-23-20-17-14-11-8-5-2)47-52(57)54-50(48-55)51(56)45-42-39-36-33-29-21-18-15-12-9-6-3/h8,11,16-17,19-20,24-25,30,32,49-51,55-56H,4-7,9-10,12-15,18,21-23,26-29,31,33-48H2,1-3H3,(H,54,57)/b11-8+,19-16-,20-17+,25-24-,32-30+. The van der Waals surface area contributed by atoms with Crippen molar-refractivity contribution in [3.05, 3.63) is 60.8 Å². The van der Waals surface area contributed by atoms with Gasteiger partial charge in [0.1, 0.15) is 6.10 Å². The number of ether oxygens (including phenoxy) is 1. The summed E-state index contributed by atoms with van der Waals surface area (Å²) in [5.74, 6) is -0.522. The van der Waals surface area contributed by atoms with Crippen molar-refractivity contribution in [2.75, 3.05) is 6.61 Å². The van der Waals surface area contributed by atoms with E-state index in [-0.39, 0.29) is 24.9 Å². The molecule has 0 rings (SSSR count). The van der Waals surface area contributed by atoms with Crippen molar-refractivity contribution in [3.63, 3.8) is 0 Å². The fourth-order valence-corrected chi connectivity index (χ4v) is 7.30. The summed E-state index contributed by atoms with van der Waals surface area (Å²) in [6, 6.07) is -0.715. The molecule has 0 fully saturated rings. The van der Waals surface area contributed by atoms with Crippen LogP contribution in [0, 0.1) is 0 Å². The number of esters is 1. The largest absolute Gasteiger partial charge is 0.462 e. The molecule has 3 N–H and O–H groups in total. The van der Waals surface area contributed by atoms with Gasteiger partial charge in [0.05, 0.1) is 25.2 Å². The summed E-state index contributed by atoms with van der Waals surface area (Å²) >= 11 is 0. The molecular weight excluding hydrogens is 731 g/mol. The molecule has 1 amide bonds. The number of allylic oxidation sites excluding steroid dienone is 10. The highest BCUT2D eigenvalue weighted by Crippen LogP contribution is 2.17. The van der Waals surface area contributed by atoms with E-state index in [1.807, 2.05) is 0 Å². The lowest BCUT2D eigenvalue weighted by Gasteiger charge is -2.24. The Morgan fingerprint density at radius 3 is 1.44 bits per heavy atom. The third kappa shape index (κ3) is 42.1. The second-order valence-corrected chi connectivity index (χ2v) is 16.8. The lowest BCUT2D eigenvalue weighted by molar-refractivity contribution is -0.151. The van der Waals surface area contributed by atoms with Crippen LogP contribution in [0.5, 0.6) is 0 Å². The Balaban J connectivity index is 4.61. The van der Waals surface area contributed by atoms with Gasteiger partial charge in [-0.3, -0.25) is 9.59 Å². The van der Waals surface area contributed by atoms with Crippen molar-refractivity contribution >= 4 is 11.9 Å². The van der Waals surface area contributed by atoms with Crippen LogP contribution in [0.1, 0.15) is 239 Å². The Morgan fingerprint density at radius 1 is 0.508 bits per heavy atom. The molecule has 0 aliphatic rings. The molecule has 342 valence electrons. The minimum atomic E-state index is -0.799. The molecule has 0 saturated heterocycles. The van der Waals surface area contributed by atoms with E-state index in [1.54, 1.807) is 0 Å². The van der Waals surface area contributed by atoms with Gasteiger partial charge in [-0.15, -0.1) is 0 Å². The summed E-state index contributed by atoms with van der Waals surface area (Å²) in [7, 11) is 0. The summed E-state index contributed by atoms with van der Waals surface area (Å²) in [4.78, 5) is 26.1. The minimum absolute atomic E-state index is 0.0471. The van der Waals surface area contributed by atoms with Gasteiger partial charge in [-0.25, -0.2) is 0 Å². The van der Waals surface area contributed by atoms with Crippen molar-refractivity contribution in [1.29, 1.82) is 0 Å². The van der Waals surface area contributed by atoms with Gasteiger partial charge in [0.2, 0.25) is 5.91 Å². The van der Waals surface area contributed by atoms with Crippen LogP contribution >= 0.6 is 0 Å². The zero-order valence-electron chi connectivity index (χ0n) is 38.9. The third-order valence-electron chi connectivity index (χ3n) is 11.1. The molecule has 0 aromatic heterocycles. The predicted octanol–water partition coefficient (Wildman–Crippen LogP) is 14.8. The molecule has 0 aliphatic heterocycles. The average molecular weight is 826 g/mol. The number of hydrogen-bond acceptors (Lipinski definition) is 5. The molecule has 0 radical (unpaired) electrons. The van der Waals surface area contributed by atoms with Gasteiger partial charge >= 0.3 is 5.97 Å². The smallest absolute Gasteiger partial charge is 0.306 e. The number of hydrogen-bond donors (Lipinski definition) is 3. The number of nitrogens with one attached hydrogen (secondary N) is 1. The number of aliphatic hydroxyl groups is 2. The van der Waals surface area contributed by atoms with E-state index in [0.717, 1.165) is 89.9 Å². The molecule has 0 saturated carbocycles. The molecule has 0 heterocycles. The molecule has 3 atom stereocenters. The molecule has 0 aromatic rings. The van der Waals surface area contributed by atoms with E-state index in [2.05, 4.69) is 86.8 Å². The first-order valence-corrected chi connectivity index (χ1v) is 25.0. The van der Waals surface area contributed by atoms with Crippen LogP contribution in [-0.4, -0.2) is 46.9 Å². The number of carbonyl (C=O) groups is 2. The molecule has 0 aromatic carbocycles. The highest BCUT2D eigenvalue weighted by molar-refractivity contribution is 5.77. The number of rotatable bonds is 44. The maximum atomic E-state index is 13.2. The lowest BCUT2D eigenvalue weighted by Crippen LogP contribution is -2.46. The number of amides is 1. The monoisotopic (exact) mass is 826 g/mol. The quantitative estimate of drug-likeness (QED) is 0.0323. The molecular formula is C53H95NO5. The molecule has 59 heavy (non-hydrogen) atoms. The van der Waals surface area contributed by atoms with Crippen molar-refractivity contribution in [2.45, 2.75) is 257 Å². The summed E-state index contributed by atoms with van der Waals surface area (Å²) in [5.41, 5.74) is 0. The Hall–Kier alpha value is -2.44. The van der Waals surface area contributed by atoms with Crippen molar-refractivity contribution < 1.29 is 24.5 Å². The molecule has 0 bridgehead atoms. The van der Waals surface area contributed by atoms with Gasteiger partial charge in [0, 0.05) is 6.42 Å². The minimum Gasteiger partial charge on any atom is -0.462 e. The fraction of sp³-hybridized carbons (Fsp3) is 0.774. The maximum absolute atomic E-state index is 13.2. The maximum Gasteiger partial charge on any atom is 0.306 e. The van der Waals surface area contributed by atoms with E-state index in [0.29, 0.717) is 19.3 Å². The molecule has 0 aliphatic carbocycles. The lowest BCUT2D eigenvalue weighted by atomic mass is 10.0. The normalized spacial score (nSPS) is 13.8. The SMILES string of the molecule is CC/C=C/C/C=C/C/C=C/CCCCC(CC(=O)NC(CO)C(O)CCCCCCCCCCCCC)OC(=O)CCCCCCCCC/C=C\C/C=C\CCCCC. The Morgan fingerprint density at radius 2 is 0.915 bits per heavy atom. The van der Waals surface area contributed by atoms with E-state index in [9.17, 15) is 19.8 Å². The molecule has 6 nitrogen and oxygen atoms in total. The predicted molar refractivity (Wildman–Crippen MR) is 255 cm³/mol. The summed E-state index contributed by atoms with van der Waals surface area (Å²) in [6.45, 7) is 6.32. The van der Waals surface area contributed by atoms with E-state index in [1.165, 1.54) is 103 Å². The zero-order valence-corrected chi connectivity index (χ0v) is 38.9. The van der Waals surface area contributed by atoms with Crippen LogP contribution in [0.25, 0.3) is 0 Å². The second-order valence-electron chi connectivity index (χ2n) is 16.8. The summed E-state index contributed by atoms with van der Waals surface area (Å²) < 4.78 is 5.90. The van der Waals surface area contributed by atoms with Gasteiger partial charge in [-0.1, -0.05) is 197 Å². The Labute approximate surface area is 365 Å². The average Bonchev–Trinajstić information content (AvgIpc) is 3.23. The van der Waals surface area contributed by atoms with Crippen molar-refractivity contribution in [2.24, 2.45) is 0 Å². The Kier molecular flexibility index (Phi) is 44.7. The van der Waals surface area contributed by atoms with Crippen LogP contribution in [-0.2, 0) is 14.3 Å². The fourth-order valence-electron chi connectivity index (χ4n) is 7.30. The first kappa shape index (κ1) is 56.6. The van der Waals surface area contributed by atoms with Gasteiger partial charge < -0.3 is 20.3 Å². The molecule has 6 heteroatoms.